The van der Waals surface area contributed by atoms with E-state index in [1.165, 1.54) is 34.7 Å². The number of fused-ring (bicyclic) bond motifs is 5. The molecule has 6 aromatic rings. The minimum atomic E-state index is -0.0876. The topological polar surface area (TPSA) is 75.5 Å². The maximum atomic E-state index is 10.6. The van der Waals surface area contributed by atoms with Crippen molar-refractivity contribution in [1.29, 1.82) is 0 Å². The fraction of sp³-hybridized carbons (Fsp3) is 0.176. The zero-order valence-electron chi connectivity index (χ0n) is 21.9. The van der Waals surface area contributed by atoms with E-state index in [-0.39, 0.29) is 11.5 Å². The second-order valence-corrected chi connectivity index (χ2v) is 9.88. The number of aromatic nitrogens is 2. The van der Waals surface area contributed by atoms with Crippen molar-refractivity contribution in [2.45, 2.75) is 32.6 Å². The fourth-order valence-corrected chi connectivity index (χ4v) is 5.24. The number of unbranched alkanes of at least 4 members (excludes halogenated alkanes) is 3. The van der Waals surface area contributed by atoms with E-state index in [1.807, 2.05) is 12.1 Å². The van der Waals surface area contributed by atoms with Gasteiger partial charge in [-0.3, -0.25) is 0 Å². The SMILES string of the molecule is CCCCCCOc1cc(-c2cc3c4ccccc4ccc3c3ccccc23)nc(-c2ccc(O)cc2O)n1. The molecule has 0 radical (unpaired) electrons. The third kappa shape index (κ3) is 4.84. The molecule has 0 amide bonds. The molecule has 0 fully saturated rings. The van der Waals surface area contributed by atoms with Crippen LogP contribution in [0.5, 0.6) is 17.4 Å². The van der Waals surface area contributed by atoms with Crippen molar-refractivity contribution in [3.05, 3.63) is 91.0 Å². The van der Waals surface area contributed by atoms with Crippen LogP contribution in [0.1, 0.15) is 32.6 Å². The number of hydrogen-bond donors (Lipinski definition) is 2. The van der Waals surface area contributed by atoms with Gasteiger partial charge in [0.25, 0.3) is 0 Å². The Hall–Kier alpha value is -4.64. The molecule has 0 atom stereocenters. The van der Waals surface area contributed by atoms with E-state index in [4.69, 9.17) is 9.72 Å². The van der Waals surface area contributed by atoms with E-state index in [1.54, 1.807) is 6.07 Å². The number of aromatic hydroxyl groups is 2. The van der Waals surface area contributed by atoms with E-state index in [0.29, 0.717) is 29.6 Å². The van der Waals surface area contributed by atoms with Crippen molar-refractivity contribution >= 4 is 32.3 Å². The second kappa shape index (κ2) is 10.6. The molecule has 5 aromatic carbocycles. The fourth-order valence-electron chi connectivity index (χ4n) is 5.24. The van der Waals surface area contributed by atoms with Gasteiger partial charge in [0.15, 0.2) is 5.82 Å². The first-order valence-corrected chi connectivity index (χ1v) is 13.5. The number of nitrogens with zero attached hydrogens (tertiary/aromatic N) is 2. The molecular weight excluding hydrogens is 484 g/mol. The number of benzene rings is 5. The maximum absolute atomic E-state index is 10.6. The lowest BCUT2D eigenvalue weighted by molar-refractivity contribution is 0.294. The Labute approximate surface area is 227 Å². The molecule has 0 saturated carbocycles. The zero-order chi connectivity index (χ0) is 26.8. The summed E-state index contributed by atoms with van der Waals surface area (Å²) in [4.78, 5) is 9.58. The molecule has 0 saturated heterocycles. The van der Waals surface area contributed by atoms with E-state index in [9.17, 15) is 10.2 Å². The van der Waals surface area contributed by atoms with Crippen LogP contribution in [0.4, 0.5) is 0 Å². The Kier molecular flexibility index (Phi) is 6.72. The van der Waals surface area contributed by atoms with Crippen LogP contribution in [0.15, 0.2) is 91.0 Å². The highest BCUT2D eigenvalue weighted by molar-refractivity contribution is 6.20. The average molecular weight is 515 g/mol. The lowest BCUT2D eigenvalue weighted by atomic mass is 9.92. The molecule has 0 bridgehead atoms. The van der Waals surface area contributed by atoms with Crippen molar-refractivity contribution in [2.75, 3.05) is 6.61 Å². The van der Waals surface area contributed by atoms with Crippen molar-refractivity contribution in [2.24, 2.45) is 0 Å². The van der Waals surface area contributed by atoms with Crippen LogP contribution in [0.25, 0.3) is 55.0 Å². The van der Waals surface area contributed by atoms with Crippen LogP contribution in [0.3, 0.4) is 0 Å². The molecular formula is C34H30N2O3. The monoisotopic (exact) mass is 514 g/mol. The van der Waals surface area contributed by atoms with Gasteiger partial charge in [0, 0.05) is 17.7 Å². The van der Waals surface area contributed by atoms with Gasteiger partial charge in [0.1, 0.15) is 11.5 Å². The first-order chi connectivity index (χ1) is 19.1. The molecule has 0 spiro atoms. The van der Waals surface area contributed by atoms with Gasteiger partial charge in [-0.25, -0.2) is 4.98 Å². The molecule has 1 heterocycles. The molecule has 0 aliphatic carbocycles. The summed E-state index contributed by atoms with van der Waals surface area (Å²) in [6.45, 7) is 2.74. The summed E-state index contributed by atoms with van der Waals surface area (Å²) in [5.41, 5.74) is 2.11. The third-order valence-corrected chi connectivity index (χ3v) is 7.22. The largest absolute Gasteiger partial charge is 0.508 e. The van der Waals surface area contributed by atoms with Gasteiger partial charge in [-0.05, 0) is 56.9 Å². The smallest absolute Gasteiger partial charge is 0.217 e. The van der Waals surface area contributed by atoms with E-state index in [2.05, 4.69) is 72.6 Å². The summed E-state index contributed by atoms with van der Waals surface area (Å²) in [7, 11) is 0. The maximum Gasteiger partial charge on any atom is 0.217 e. The Morgan fingerprint density at radius 3 is 2.23 bits per heavy atom. The van der Waals surface area contributed by atoms with E-state index < -0.39 is 0 Å². The van der Waals surface area contributed by atoms with Gasteiger partial charge in [0.05, 0.1) is 17.9 Å². The van der Waals surface area contributed by atoms with Crippen LogP contribution >= 0.6 is 0 Å². The predicted molar refractivity (Wildman–Crippen MR) is 158 cm³/mol. The van der Waals surface area contributed by atoms with Crippen LogP contribution in [-0.4, -0.2) is 26.8 Å². The van der Waals surface area contributed by atoms with Gasteiger partial charge >= 0.3 is 0 Å². The molecule has 2 N–H and O–H groups in total. The number of phenolic OH excluding ortho intramolecular Hbond substituents is 2. The molecule has 0 aliphatic rings. The molecule has 0 unspecified atom stereocenters. The minimum Gasteiger partial charge on any atom is -0.508 e. The van der Waals surface area contributed by atoms with Gasteiger partial charge < -0.3 is 14.9 Å². The molecule has 194 valence electrons. The number of phenols is 2. The van der Waals surface area contributed by atoms with Crippen molar-refractivity contribution in [3.8, 4) is 40.0 Å². The summed E-state index contributed by atoms with van der Waals surface area (Å²) in [6, 6.07) is 29.7. The number of ether oxygens (including phenoxy) is 1. The van der Waals surface area contributed by atoms with Crippen molar-refractivity contribution in [3.63, 3.8) is 0 Å². The summed E-state index contributed by atoms with van der Waals surface area (Å²) in [6.07, 6.45) is 4.37. The summed E-state index contributed by atoms with van der Waals surface area (Å²) in [5, 5.41) is 27.4. The molecule has 1 aromatic heterocycles. The van der Waals surface area contributed by atoms with Crippen LogP contribution in [0.2, 0.25) is 0 Å². The van der Waals surface area contributed by atoms with Gasteiger partial charge in [-0.2, -0.15) is 4.98 Å². The standard InChI is InChI=1S/C34H30N2O3/c1-2-3-4-9-18-39-33-21-31(35-34(36-33)28-17-15-23(37)19-32(28)38)30-20-29-24-11-6-5-10-22(24)14-16-27(29)25-12-7-8-13-26(25)30/h5-8,10-17,19-21,37-38H,2-4,9,18H2,1H3. The van der Waals surface area contributed by atoms with E-state index in [0.717, 1.165) is 41.0 Å². The average Bonchev–Trinajstić information content (AvgIpc) is 2.96. The normalized spacial score (nSPS) is 11.4. The highest BCUT2D eigenvalue weighted by atomic mass is 16.5. The molecule has 5 nitrogen and oxygen atoms in total. The van der Waals surface area contributed by atoms with Crippen LogP contribution in [-0.2, 0) is 0 Å². The number of hydrogen-bond acceptors (Lipinski definition) is 5. The quantitative estimate of drug-likeness (QED) is 0.157. The Bertz CT molecular complexity index is 1810. The van der Waals surface area contributed by atoms with Gasteiger partial charge in [0.2, 0.25) is 5.88 Å². The molecule has 39 heavy (non-hydrogen) atoms. The van der Waals surface area contributed by atoms with Crippen LogP contribution < -0.4 is 4.74 Å². The predicted octanol–water partition coefficient (Wildman–Crippen LogP) is 8.64. The Morgan fingerprint density at radius 2 is 1.41 bits per heavy atom. The summed E-state index contributed by atoms with van der Waals surface area (Å²) in [5.74, 6) is 0.694. The highest BCUT2D eigenvalue weighted by Crippen LogP contribution is 2.39. The van der Waals surface area contributed by atoms with Crippen molar-refractivity contribution in [1.82, 2.24) is 9.97 Å². The Morgan fingerprint density at radius 1 is 0.641 bits per heavy atom. The Balaban J connectivity index is 1.57. The minimum absolute atomic E-state index is 0.0211. The van der Waals surface area contributed by atoms with E-state index >= 15 is 0 Å². The van der Waals surface area contributed by atoms with Crippen LogP contribution in [0, 0.1) is 0 Å². The highest BCUT2D eigenvalue weighted by Gasteiger charge is 2.17. The van der Waals surface area contributed by atoms with Gasteiger partial charge in [-0.1, -0.05) is 86.8 Å². The molecule has 6 rings (SSSR count). The van der Waals surface area contributed by atoms with Crippen molar-refractivity contribution < 1.29 is 14.9 Å². The molecule has 5 heteroatoms. The number of rotatable bonds is 8. The van der Waals surface area contributed by atoms with Gasteiger partial charge in [-0.15, -0.1) is 0 Å². The third-order valence-electron chi connectivity index (χ3n) is 7.22. The summed E-state index contributed by atoms with van der Waals surface area (Å²) >= 11 is 0. The second-order valence-electron chi connectivity index (χ2n) is 9.88. The zero-order valence-corrected chi connectivity index (χ0v) is 21.9. The first kappa shape index (κ1) is 24.7. The molecule has 0 aliphatic heterocycles. The summed E-state index contributed by atoms with van der Waals surface area (Å²) < 4.78 is 6.13. The lowest BCUT2D eigenvalue weighted by Gasteiger charge is -2.15. The first-order valence-electron chi connectivity index (χ1n) is 13.5. The lowest BCUT2D eigenvalue weighted by Crippen LogP contribution is -2.02.